The van der Waals surface area contributed by atoms with E-state index in [0.717, 1.165) is 6.07 Å². The molecule has 0 saturated carbocycles. The van der Waals surface area contributed by atoms with Gasteiger partial charge in [0.2, 0.25) is 0 Å². The normalized spacial score (nSPS) is 12.8. The van der Waals surface area contributed by atoms with Gasteiger partial charge in [0.15, 0.2) is 26.2 Å². The Morgan fingerprint density at radius 2 is 1.91 bits per heavy atom. The molecular formula is C19H21F3N8O2S. The van der Waals surface area contributed by atoms with Crippen LogP contribution < -0.4 is 10.9 Å². The van der Waals surface area contributed by atoms with E-state index >= 15 is 0 Å². The molecule has 33 heavy (non-hydrogen) atoms. The van der Waals surface area contributed by atoms with Crippen molar-refractivity contribution in [2.45, 2.75) is 38.0 Å². The van der Waals surface area contributed by atoms with Crippen LogP contribution in [-0.4, -0.2) is 49.3 Å². The zero-order valence-electron chi connectivity index (χ0n) is 18.1. The minimum atomic E-state index is -4.59. The van der Waals surface area contributed by atoms with E-state index in [1.165, 1.54) is 22.2 Å². The lowest BCUT2D eigenvalue weighted by Gasteiger charge is -2.11. The van der Waals surface area contributed by atoms with E-state index in [2.05, 4.69) is 30.9 Å². The molecule has 0 aliphatic heterocycles. The second kappa shape index (κ2) is 7.95. The Labute approximate surface area is 186 Å². The number of alkyl halides is 3. The maximum Gasteiger partial charge on any atom is 0.417 e. The molecule has 0 fully saturated rings. The van der Waals surface area contributed by atoms with Gasteiger partial charge in [-0.05, 0) is 19.9 Å². The third-order valence-electron chi connectivity index (χ3n) is 4.91. The number of halogens is 3. The van der Waals surface area contributed by atoms with Crippen molar-refractivity contribution in [3.63, 3.8) is 0 Å². The molecule has 0 amide bonds. The molecule has 0 radical (unpaired) electrons. The summed E-state index contributed by atoms with van der Waals surface area (Å²) in [5.74, 6) is 0.265. The largest absolute Gasteiger partial charge is 0.417 e. The van der Waals surface area contributed by atoms with Gasteiger partial charge in [-0.25, -0.2) is 28.8 Å². The van der Waals surface area contributed by atoms with Crippen molar-refractivity contribution in [2.75, 3.05) is 11.2 Å². The van der Waals surface area contributed by atoms with Crippen molar-refractivity contribution >= 4 is 32.5 Å². The van der Waals surface area contributed by atoms with Crippen LogP contribution in [0.5, 0.6) is 0 Å². The topological polar surface area (TPSA) is 119 Å². The molecule has 10 nitrogen and oxygen atoms in total. The Morgan fingerprint density at radius 3 is 2.55 bits per heavy atom. The van der Waals surface area contributed by atoms with Crippen LogP contribution in [0.25, 0.3) is 28.2 Å². The lowest BCUT2D eigenvalue weighted by atomic mass is 10.2. The molecule has 0 spiro atoms. The number of anilines is 1. The van der Waals surface area contributed by atoms with E-state index in [4.69, 9.17) is 0 Å². The third-order valence-corrected chi connectivity index (χ3v) is 6.54. The number of hydrogen-bond donors (Lipinski definition) is 2. The van der Waals surface area contributed by atoms with Gasteiger partial charge in [0.05, 0.1) is 11.3 Å². The maximum absolute atomic E-state index is 13.2. The average molecular weight is 482 g/mol. The monoisotopic (exact) mass is 482 g/mol. The number of imidazole rings is 1. The van der Waals surface area contributed by atoms with Crippen LogP contribution in [-0.2, 0) is 23.1 Å². The summed E-state index contributed by atoms with van der Waals surface area (Å²) in [5.41, 5.74) is 5.40. The fraction of sp³-hybridized carbons (Fsp3) is 0.368. The van der Waals surface area contributed by atoms with Crippen LogP contribution in [0, 0.1) is 0 Å². The quantitative estimate of drug-likeness (QED) is 0.403. The second-order valence-electron chi connectivity index (χ2n) is 7.63. The van der Waals surface area contributed by atoms with Gasteiger partial charge in [-0.2, -0.15) is 22.8 Å². The van der Waals surface area contributed by atoms with Gasteiger partial charge >= 0.3 is 6.18 Å². The fourth-order valence-corrected chi connectivity index (χ4v) is 4.22. The predicted molar refractivity (Wildman–Crippen MR) is 115 cm³/mol. The first-order valence-electron chi connectivity index (χ1n) is 9.96. The molecule has 2 N–H and O–H groups in total. The summed E-state index contributed by atoms with van der Waals surface area (Å²) >= 11 is 0. The third kappa shape index (κ3) is 3.99. The number of hydrogen-bond acceptors (Lipinski definition) is 8. The lowest BCUT2D eigenvalue weighted by molar-refractivity contribution is -0.137. The highest BCUT2D eigenvalue weighted by Crippen LogP contribution is 2.35. The van der Waals surface area contributed by atoms with Crippen LogP contribution in [0.2, 0.25) is 0 Å². The van der Waals surface area contributed by atoms with Crippen LogP contribution in [0.3, 0.4) is 0 Å². The smallest absolute Gasteiger partial charge is 0.312 e. The minimum absolute atomic E-state index is 0.0303. The van der Waals surface area contributed by atoms with Crippen LogP contribution in [0.4, 0.5) is 19.0 Å². The van der Waals surface area contributed by atoms with Gasteiger partial charge < -0.3 is 9.99 Å². The zero-order chi connectivity index (χ0) is 24.1. The summed E-state index contributed by atoms with van der Waals surface area (Å²) in [7, 11) is -2.31. The van der Waals surface area contributed by atoms with E-state index in [0.29, 0.717) is 12.0 Å². The number of aryl methyl sites for hydroxylation is 1. The highest BCUT2D eigenvalue weighted by molar-refractivity contribution is 7.91. The van der Waals surface area contributed by atoms with Crippen LogP contribution in [0.1, 0.15) is 26.3 Å². The average Bonchev–Trinajstić information content (AvgIpc) is 3.30. The molecule has 0 aromatic carbocycles. The molecule has 0 atom stereocenters. The Bertz CT molecular complexity index is 1460. The summed E-state index contributed by atoms with van der Waals surface area (Å²) < 4.78 is 68.0. The van der Waals surface area contributed by atoms with Crippen molar-refractivity contribution in [3.8, 4) is 11.4 Å². The van der Waals surface area contributed by atoms with Crippen molar-refractivity contribution in [1.29, 1.82) is 0 Å². The van der Waals surface area contributed by atoms with Gasteiger partial charge in [0.1, 0.15) is 22.7 Å². The van der Waals surface area contributed by atoms with E-state index in [1.54, 1.807) is 13.1 Å². The molecule has 176 valence electrons. The number of rotatable bonds is 6. The molecule has 4 rings (SSSR count). The zero-order valence-corrected chi connectivity index (χ0v) is 19.0. The fourth-order valence-electron chi connectivity index (χ4n) is 3.24. The Kier molecular flexibility index (Phi) is 5.52. The highest BCUT2D eigenvalue weighted by Gasteiger charge is 2.33. The SMILES string of the molecule is CCS(=O)(=O)c1nn2c(NNC(C)C)ccnc2c1-c1nc2cc(C(F)(F)F)cnc2n1C. The predicted octanol–water partition coefficient (Wildman–Crippen LogP) is 2.82. The molecule has 0 bridgehead atoms. The minimum Gasteiger partial charge on any atom is -0.312 e. The first kappa shape index (κ1) is 22.9. The van der Waals surface area contributed by atoms with Gasteiger partial charge in [0.25, 0.3) is 0 Å². The van der Waals surface area contributed by atoms with Gasteiger partial charge in [-0.15, -0.1) is 0 Å². The highest BCUT2D eigenvalue weighted by atomic mass is 32.2. The lowest BCUT2D eigenvalue weighted by Crippen LogP contribution is -2.30. The molecule has 0 aliphatic carbocycles. The van der Waals surface area contributed by atoms with E-state index in [-0.39, 0.29) is 45.0 Å². The van der Waals surface area contributed by atoms with E-state index in [9.17, 15) is 21.6 Å². The molecule has 4 heterocycles. The number of fused-ring (bicyclic) bond motifs is 2. The standard InChI is InChI=1S/C19H21F3N8O2S/c1-5-33(31,32)18-14(16-23-7-6-13(30(16)28-18)27-26-10(2)3)17-25-12-8-11(19(20,21)22)9-24-15(12)29(17)4/h6-10,26-27H,5H2,1-4H3. The van der Waals surface area contributed by atoms with Crippen molar-refractivity contribution in [2.24, 2.45) is 7.05 Å². The summed E-state index contributed by atoms with van der Waals surface area (Å²) in [6, 6.07) is 2.54. The molecule has 4 aromatic rings. The van der Waals surface area contributed by atoms with Crippen molar-refractivity contribution in [1.82, 2.24) is 34.6 Å². The number of hydrazine groups is 1. The van der Waals surface area contributed by atoms with Gasteiger partial charge in [-0.1, -0.05) is 6.92 Å². The summed E-state index contributed by atoms with van der Waals surface area (Å²) in [5, 5.41) is 4.02. The summed E-state index contributed by atoms with van der Waals surface area (Å²) in [6.45, 7) is 5.30. The first-order valence-corrected chi connectivity index (χ1v) is 11.6. The number of sulfone groups is 1. The summed E-state index contributed by atoms with van der Waals surface area (Å²) in [4.78, 5) is 12.5. The molecule has 14 heteroatoms. The number of nitrogens with zero attached hydrogens (tertiary/aromatic N) is 6. The Hall–Kier alpha value is -3.26. The Morgan fingerprint density at radius 1 is 1.18 bits per heavy atom. The number of nitrogens with one attached hydrogen (secondary N) is 2. The molecule has 0 aliphatic rings. The molecule has 0 saturated heterocycles. The van der Waals surface area contributed by atoms with Crippen molar-refractivity contribution in [3.05, 3.63) is 30.1 Å². The second-order valence-corrected chi connectivity index (χ2v) is 9.83. The van der Waals surface area contributed by atoms with E-state index < -0.39 is 21.6 Å². The first-order chi connectivity index (χ1) is 15.4. The number of aromatic nitrogens is 6. The molecular weight excluding hydrogens is 461 g/mol. The van der Waals surface area contributed by atoms with Crippen LogP contribution >= 0.6 is 0 Å². The van der Waals surface area contributed by atoms with Crippen molar-refractivity contribution < 1.29 is 21.6 Å². The van der Waals surface area contributed by atoms with Gasteiger partial charge in [-0.3, -0.25) is 0 Å². The maximum atomic E-state index is 13.2. The van der Waals surface area contributed by atoms with Gasteiger partial charge in [0, 0.05) is 31.5 Å². The van der Waals surface area contributed by atoms with E-state index in [1.807, 2.05) is 13.8 Å². The molecule has 4 aromatic heterocycles. The molecule has 0 unspecified atom stereocenters. The van der Waals surface area contributed by atoms with Crippen LogP contribution in [0.15, 0.2) is 29.6 Å². The Balaban J connectivity index is 2.02. The summed E-state index contributed by atoms with van der Waals surface area (Å²) in [6.07, 6.45) is -2.41. The number of pyridine rings is 1.